The van der Waals surface area contributed by atoms with E-state index in [-0.39, 0.29) is 35.1 Å². The Balaban J connectivity index is 1.92. The molecule has 10 heteroatoms. The van der Waals surface area contributed by atoms with Gasteiger partial charge in [-0.1, -0.05) is 24.3 Å². The molecule has 1 N–H and O–H groups in total. The van der Waals surface area contributed by atoms with Crippen molar-refractivity contribution in [3.63, 3.8) is 0 Å². The highest BCUT2D eigenvalue weighted by Gasteiger charge is 2.20. The zero-order chi connectivity index (χ0) is 26.2. The van der Waals surface area contributed by atoms with Gasteiger partial charge < -0.3 is 14.8 Å². The number of carbonyl (C=O) groups excluding carboxylic acids is 2. The number of carbonyl (C=O) groups is 2. The smallest absolute Gasteiger partial charge is 0.343 e. The Morgan fingerprint density at radius 3 is 2.53 bits per heavy atom. The minimum absolute atomic E-state index is 0.0314. The predicted molar refractivity (Wildman–Crippen MR) is 137 cm³/mol. The van der Waals surface area contributed by atoms with Crippen LogP contribution >= 0.6 is 15.9 Å². The SMILES string of the molecule is CCOc1cc(/C=C(\C#N)C(=O)Nc2ccc(C)cc2[N+](=O)[O-])cc(Br)c1OC(=O)c1ccccc1. The van der Waals surface area contributed by atoms with Gasteiger partial charge in [-0.2, -0.15) is 5.26 Å². The first kappa shape index (κ1) is 26.1. The Hall–Kier alpha value is -4.49. The second-order valence-electron chi connectivity index (χ2n) is 7.42. The first-order chi connectivity index (χ1) is 17.2. The van der Waals surface area contributed by atoms with Crippen molar-refractivity contribution < 1.29 is 24.0 Å². The standard InChI is InChI=1S/C26H20BrN3O6/c1-3-35-23-14-17(13-20(27)24(23)36-26(32)18-7-5-4-6-8-18)12-19(15-28)25(31)29-21-10-9-16(2)11-22(21)30(33)34/h4-14H,3H2,1-2H3,(H,29,31)/b19-12+. The Morgan fingerprint density at radius 1 is 1.17 bits per heavy atom. The molecule has 36 heavy (non-hydrogen) atoms. The van der Waals surface area contributed by atoms with Gasteiger partial charge in [0.1, 0.15) is 17.3 Å². The molecule has 0 radical (unpaired) electrons. The monoisotopic (exact) mass is 549 g/mol. The molecule has 0 spiro atoms. The molecule has 1 amide bonds. The minimum Gasteiger partial charge on any atom is -0.490 e. The van der Waals surface area contributed by atoms with Crippen LogP contribution in [0.1, 0.15) is 28.4 Å². The number of aryl methyl sites for hydroxylation is 1. The lowest BCUT2D eigenvalue weighted by atomic mass is 10.1. The molecule has 0 aliphatic heterocycles. The van der Waals surface area contributed by atoms with Crippen LogP contribution in [0, 0.1) is 28.4 Å². The molecule has 3 rings (SSSR count). The van der Waals surface area contributed by atoms with Crippen molar-refractivity contribution in [2.45, 2.75) is 13.8 Å². The van der Waals surface area contributed by atoms with E-state index in [1.165, 1.54) is 24.3 Å². The summed E-state index contributed by atoms with van der Waals surface area (Å²) in [4.78, 5) is 36.0. The van der Waals surface area contributed by atoms with Crippen LogP contribution in [-0.4, -0.2) is 23.4 Å². The minimum atomic E-state index is -0.821. The fraction of sp³-hybridized carbons (Fsp3) is 0.115. The molecule has 3 aromatic carbocycles. The number of rotatable bonds is 8. The van der Waals surface area contributed by atoms with E-state index < -0.39 is 16.8 Å². The van der Waals surface area contributed by atoms with Crippen LogP contribution in [0.4, 0.5) is 11.4 Å². The van der Waals surface area contributed by atoms with Gasteiger partial charge in [-0.05, 0) is 77.3 Å². The quantitative estimate of drug-likeness (QED) is 0.0932. The number of amides is 1. The van der Waals surface area contributed by atoms with Gasteiger partial charge in [0.05, 0.1) is 21.6 Å². The Bertz CT molecular complexity index is 1400. The lowest BCUT2D eigenvalue weighted by molar-refractivity contribution is -0.384. The maximum absolute atomic E-state index is 12.7. The van der Waals surface area contributed by atoms with Crippen LogP contribution in [0.15, 0.2) is 70.7 Å². The van der Waals surface area contributed by atoms with E-state index in [1.807, 2.05) is 6.07 Å². The van der Waals surface area contributed by atoms with Crippen molar-refractivity contribution in [1.29, 1.82) is 5.26 Å². The molecule has 0 heterocycles. The van der Waals surface area contributed by atoms with Gasteiger partial charge in [-0.25, -0.2) is 4.79 Å². The van der Waals surface area contributed by atoms with Crippen LogP contribution in [-0.2, 0) is 4.79 Å². The first-order valence-corrected chi connectivity index (χ1v) is 11.4. The van der Waals surface area contributed by atoms with Crippen molar-refractivity contribution in [2.24, 2.45) is 0 Å². The van der Waals surface area contributed by atoms with Crippen LogP contribution in [0.3, 0.4) is 0 Å². The fourth-order valence-corrected chi connectivity index (χ4v) is 3.70. The van der Waals surface area contributed by atoms with Gasteiger partial charge in [0.15, 0.2) is 11.5 Å². The predicted octanol–water partition coefficient (Wildman–Crippen LogP) is 5.83. The molecule has 0 saturated carbocycles. The van der Waals surface area contributed by atoms with Gasteiger partial charge in [0.25, 0.3) is 11.6 Å². The lowest BCUT2D eigenvalue weighted by Crippen LogP contribution is -2.14. The van der Waals surface area contributed by atoms with Crippen LogP contribution in [0.25, 0.3) is 6.08 Å². The number of nitrogens with one attached hydrogen (secondary N) is 1. The zero-order valence-corrected chi connectivity index (χ0v) is 20.9. The second kappa shape index (κ2) is 11.8. The normalized spacial score (nSPS) is 10.8. The summed E-state index contributed by atoms with van der Waals surface area (Å²) in [6.07, 6.45) is 1.30. The average molecular weight is 550 g/mol. The molecule has 0 bridgehead atoms. The Kier molecular flexibility index (Phi) is 8.54. The van der Waals surface area contributed by atoms with E-state index in [2.05, 4.69) is 21.2 Å². The number of anilines is 1. The third-order valence-corrected chi connectivity index (χ3v) is 5.40. The molecule has 0 aromatic heterocycles. The number of nitrogens with zero attached hydrogens (tertiary/aromatic N) is 2. The zero-order valence-electron chi connectivity index (χ0n) is 19.3. The maximum Gasteiger partial charge on any atom is 0.343 e. The van der Waals surface area contributed by atoms with Crippen molar-refractivity contribution in [3.05, 3.63) is 97.5 Å². The van der Waals surface area contributed by atoms with Crippen LogP contribution < -0.4 is 14.8 Å². The highest BCUT2D eigenvalue weighted by Crippen LogP contribution is 2.38. The maximum atomic E-state index is 12.7. The van der Waals surface area contributed by atoms with E-state index >= 15 is 0 Å². The number of esters is 1. The Labute approximate surface area is 215 Å². The third kappa shape index (κ3) is 6.34. The highest BCUT2D eigenvalue weighted by molar-refractivity contribution is 9.10. The number of ether oxygens (including phenoxy) is 2. The van der Waals surface area contributed by atoms with Gasteiger partial charge in [-0.3, -0.25) is 14.9 Å². The number of nitro groups is 1. The summed E-state index contributed by atoms with van der Waals surface area (Å²) in [5.41, 5.74) is 0.785. The molecular weight excluding hydrogens is 530 g/mol. The van der Waals surface area contributed by atoms with E-state index in [9.17, 15) is 25.0 Å². The van der Waals surface area contributed by atoms with Crippen LogP contribution in [0.2, 0.25) is 0 Å². The lowest BCUT2D eigenvalue weighted by Gasteiger charge is -2.14. The third-order valence-electron chi connectivity index (χ3n) is 4.81. The molecule has 3 aromatic rings. The van der Waals surface area contributed by atoms with Crippen molar-refractivity contribution >= 4 is 45.3 Å². The molecule has 0 saturated heterocycles. The highest BCUT2D eigenvalue weighted by atomic mass is 79.9. The molecule has 0 aliphatic rings. The summed E-state index contributed by atoms with van der Waals surface area (Å²) in [5, 5.41) is 23.3. The fourth-order valence-electron chi connectivity index (χ4n) is 3.16. The number of halogens is 1. The number of nitriles is 1. The molecule has 9 nitrogen and oxygen atoms in total. The molecule has 0 atom stereocenters. The summed E-state index contributed by atoms with van der Waals surface area (Å²) in [5.74, 6) is -1.05. The molecule has 0 fully saturated rings. The van der Waals surface area contributed by atoms with Gasteiger partial charge >= 0.3 is 5.97 Å². The van der Waals surface area contributed by atoms with Crippen LogP contribution in [0.5, 0.6) is 11.5 Å². The summed E-state index contributed by atoms with van der Waals surface area (Å²) in [7, 11) is 0. The van der Waals surface area contributed by atoms with Crippen molar-refractivity contribution in [1.82, 2.24) is 0 Å². The molecule has 0 unspecified atom stereocenters. The largest absolute Gasteiger partial charge is 0.490 e. The van der Waals surface area contributed by atoms with Gasteiger partial charge in [-0.15, -0.1) is 0 Å². The van der Waals surface area contributed by atoms with Gasteiger partial charge in [0.2, 0.25) is 0 Å². The average Bonchev–Trinajstić information content (AvgIpc) is 2.86. The second-order valence-corrected chi connectivity index (χ2v) is 8.27. The number of nitro benzene ring substituents is 1. The van der Waals surface area contributed by atoms with Crippen molar-refractivity contribution in [3.8, 4) is 17.6 Å². The number of hydrogen-bond donors (Lipinski definition) is 1. The number of benzene rings is 3. The molecule has 182 valence electrons. The van der Waals surface area contributed by atoms with E-state index in [1.54, 1.807) is 56.3 Å². The summed E-state index contributed by atoms with van der Waals surface area (Å²) >= 11 is 3.36. The number of hydrogen-bond acceptors (Lipinski definition) is 7. The van der Waals surface area contributed by atoms with E-state index in [0.717, 1.165) is 0 Å². The first-order valence-electron chi connectivity index (χ1n) is 10.6. The summed E-state index contributed by atoms with van der Waals surface area (Å²) < 4.78 is 11.5. The summed E-state index contributed by atoms with van der Waals surface area (Å²) in [6.45, 7) is 3.70. The summed E-state index contributed by atoms with van der Waals surface area (Å²) in [6, 6.07) is 17.6. The van der Waals surface area contributed by atoms with E-state index in [0.29, 0.717) is 21.2 Å². The topological polar surface area (TPSA) is 132 Å². The van der Waals surface area contributed by atoms with Gasteiger partial charge in [0, 0.05) is 6.07 Å². The van der Waals surface area contributed by atoms with E-state index in [4.69, 9.17) is 9.47 Å². The molecule has 0 aliphatic carbocycles. The van der Waals surface area contributed by atoms with Crippen molar-refractivity contribution in [2.75, 3.05) is 11.9 Å². The Morgan fingerprint density at radius 2 is 1.89 bits per heavy atom. The molecular formula is C26H20BrN3O6.